The summed E-state index contributed by atoms with van der Waals surface area (Å²) in [4.78, 5) is 13.0. The Kier molecular flexibility index (Phi) is 4.35. The Morgan fingerprint density at radius 3 is 2.74 bits per heavy atom. The fourth-order valence-corrected chi connectivity index (χ4v) is 3.67. The second kappa shape index (κ2) is 5.83. The smallest absolute Gasteiger partial charge is 0.307 e. The van der Waals surface area contributed by atoms with Crippen molar-refractivity contribution in [1.82, 2.24) is 0 Å². The van der Waals surface area contributed by atoms with E-state index < -0.39 is 5.60 Å². The summed E-state index contributed by atoms with van der Waals surface area (Å²) in [7, 11) is 0. The van der Waals surface area contributed by atoms with Crippen LogP contribution in [0.2, 0.25) is 0 Å². The highest BCUT2D eigenvalue weighted by Gasteiger charge is 2.48. The molecular weight excluding hydrogens is 256 g/mol. The number of hydrogen-bond donors (Lipinski definition) is 0. The highest BCUT2D eigenvalue weighted by molar-refractivity contribution is 8.03. The van der Waals surface area contributed by atoms with Gasteiger partial charge in [0.2, 0.25) is 0 Å². The van der Waals surface area contributed by atoms with Gasteiger partial charge in [0, 0.05) is 10.8 Å². The largest absolute Gasteiger partial charge is 0.453 e. The minimum Gasteiger partial charge on any atom is -0.453 e. The number of carbonyl (C=O) groups is 1. The van der Waals surface area contributed by atoms with E-state index in [1.165, 1.54) is 5.56 Å². The van der Waals surface area contributed by atoms with Crippen molar-refractivity contribution in [2.45, 2.75) is 38.7 Å². The summed E-state index contributed by atoms with van der Waals surface area (Å²) in [5.74, 6) is 0.979. The molecule has 2 rings (SSSR count). The molecule has 1 fully saturated rings. The summed E-state index contributed by atoms with van der Waals surface area (Å²) in [5, 5.41) is 0. The maximum atomic E-state index is 11.8. The van der Waals surface area contributed by atoms with Gasteiger partial charge in [-0.2, -0.15) is 0 Å². The number of rotatable bonds is 4. The first-order valence-corrected chi connectivity index (χ1v) is 7.66. The molecular formula is C16H20O2S. The molecule has 19 heavy (non-hydrogen) atoms. The fourth-order valence-electron chi connectivity index (χ4n) is 2.72. The van der Waals surface area contributed by atoms with Gasteiger partial charge >= 0.3 is 5.97 Å². The summed E-state index contributed by atoms with van der Waals surface area (Å²) in [6.07, 6.45) is 2.53. The Morgan fingerprint density at radius 1 is 1.47 bits per heavy atom. The quantitative estimate of drug-likeness (QED) is 0.773. The molecule has 1 aliphatic heterocycles. The van der Waals surface area contributed by atoms with Gasteiger partial charge in [0.05, 0.1) is 6.42 Å². The maximum Gasteiger partial charge on any atom is 0.307 e. The molecule has 0 radical (unpaired) electrons. The molecule has 0 N–H and O–H groups in total. The molecule has 1 aromatic rings. The lowest BCUT2D eigenvalue weighted by atomic mass is 9.82. The Labute approximate surface area is 119 Å². The third-order valence-electron chi connectivity index (χ3n) is 3.61. The van der Waals surface area contributed by atoms with Crippen LogP contribution in [0, 0.1) is 0 Å². The number of allylic oxidation sites excluding steroid dienone is 1. The van der Waals surface area contributed by atoms with Gasteiger partial charge in [0.1, 0.15) is 5.60 Å². The number of esters is 1. The van der Waals surface area contributed by atoms with Crippen LogP contribution in [0.4, 0.5) is 0 Å². The molecule has 2 nitrogen and oxygen atoms in total. The van der Waals surface area contributed by atoms with Crippen LogP contribution in [0.5, 0.6) is 0 Å². The van der Waals surface area contributed by atoms with Crippen molar-refractivity contribution in [3.63, 3.8) is 0 Å². The van der Waals surface area contributed by atoms with Gasteiger partial charge in [-0.3, -0.25) is 4.79 Å². The topological polar surface area (TPSA) is 26.3 Å². The summed E-state index contributed by atoms with van der Waals surface area (Å²) in [5.41, 5.74) is 0.653. The van der Waals surface area contributed by atoms with Gasteiger partial charge in [0.25, 0.3) is 0 Å². The van der Waals surface area contributed by atoms with E-state index in [0.717, 1.165) is 10.7 Å². The predicted molar refractivity (Wildman–Crippen MR) is 80.2 cm³/mol. The minimum atomic E-state index is -0.520. The molecule has 0 aromatic heterocycles. The molecule has 0 amide bonds. The van der Waals surface area contributed by atoms with Gasteiger partial charge < -0.3 is 4.74 Å². The first-order valence-electron chi connectivity index (χ1n) is 6.68. The number of cyclic esters (lactones) is 1. The summed E-state index contributed by atoms with van der Waals surface area (Å²) >= 11 is 1.76. The molecule has 1 heterocycles. The van der Waals surface area contributed by atoms with Crippen molar-refractivity contribution in [2.24, 2.45) is 0 Å². The number of carbonyl (C=O) groups excluding carboxylic acids is 1. The Bertz CT molecular complexity index is 481. The first kappa shape index (κ1) is 14.2. The zero-order valence-electron chi connectivity index (χ0n) is 11.7. The van der Waals surface area contributed by atoms with Crippen LogP contribution < -0.4 is 0 Å². The molecule has 0 bridgehead atoms. The lowest BCUT2D eigenvalue weighted by Gasteiger charge is -2.32. The lowest BCUT2D eigenvalue weighted by molar-refractivity contribution is -0.144. The number of hydrogen-bond acceptors (Lipinski definition) is 3. The summed E-state index contributed by atoms with van der Waals surface area (Å²) in [6, 6.07) is 10.2. The van der Waals surface area contributed by atoms with E-state index in [0.29, 0.717) is 6.42 Å². The second-order valence-corrected chi connectivity index (χ2v) is 6.14. The average Bonchev–Trinajstić information content (AvgIpc) is 2.73. The van der Waals surface area contributed by atoms with Gasteiger partial charge in [0.15, 0.2) is 0 Å². The molecule has 0 saturated carbocycles. The van der Waals surface area contributed by atoms with Gasteiger partial charge in [-0.15, -0.1) is 11.8 Å². The van der Waals surface area contributed by atoms with E-state index in [-0.39, 0.29) is 11.9 Å². The molecule has 1 aliphatic rings. The molecule has 3 heteroatoms. The number of benzene rings is 1. The zero-order valence-corrected chi connectivity index (χ0v) is 12.5. The predicted octanol–water partition coefficient (Wildman–Crippen LogP) is 4.13. The first-order chi connectivity index (χ1) is 9.11. The number of thioether (sulfide) groups is 1. The Morgan fingerprint density at radius 2 is 2.16 bits per heavy atom. The van der Waals surface area contributed by atoms with Crippen LogP contribution in [0.25, 0.3) is 0 Å². The van der Waals surface area contributed by atoms with Crippen LogP contribution in [0.1, 0.15) is 38.7 Å². The van der Waals surface area contributed by atoms with Crippen LogP contribution >= 0.6 is 11.8 Å². The highest BCUT2D eigenvalue weighted by Crippen LogP contribution is 2.48. The normalized spacial score (nSPS) is 27.4. The third kappa shape index (κ3) is 2.71. The fraction of sp³-hybridized carbons (Fsp3) is 0.438. The van der Waals surface area contributed by atoms with Crippen molar-refractivity contribution in [1.29, 1.82) is 0 Å². The lowest BCUT2D eigenvalue weighted by Crippen LogP contribution is -2.32. The minimum absolute atomic E-state index is 0.103. The van der Waals surface area contributed by atoms with Crippen LogP contribution in [0.3, 0.4) is 0 Å². The molecule has 0 spiro atoms. The van der Waals surface area contributed by atoms with Crippen LogP contribution in [-0.4, -0.2) is 17.3 Å². The average molecular weight is 276 g/mol. The summed E-state index contributed by atoms with van der Waals surface area (Å²) < 4.78 is 5.69. The Hall–Kier alpha value is -1.22. The molecule has 2 unspecified atom stereocenters. The SMILES string of the molecule is CC=C(SCC)C1(C)OC(=O)CC1c1ccccc1. The van der Waals surface area contributed by atoms with Gasteiger partial charge in [-0.05, 0) is 25.2 Å². The summed E-state index contributed by atoms with van der Waals surface area (Å²) in [6.45, 7) is 6.16. The van der Waals surface area contributed by atoms with E-state index in [2.05, 4.69) is 25.1 Å². The zero-order chi connectivity index (χ0) is 13.9. The van der Waals surface area contributed by atoms with Crippen LogP contribution in [-0.2, 0) is 9.53 Å². The van der Waals surface area contributed by atoms with Crippen molar-refractivity contribution in [2.75, 3.05) is 5.75 Å². The number of ether oxygens (including phenoxy) is 1. The van der Waals surface area contributed by atoms with E-state index in [1.54, 1.807) is 11.8 Å². The molecule has 1 saturated heterocycles. The highest BCUT2D eigenvalue weighted by atomic mass is 32.2. The van der Waals surface area contributed by atoms with Gasteiger partial charge in [-0.25, -0.2) is 0 Å². The molecule has 1 aromatic carbocycles. The van der Waals surface area contributed by atoms with Crippen molar-refractivity contribution >= 4 is 17.7 Å². The van der Waals surface area contributed by atoms with Crippen molar-refractivity contribution in [3.8, 4) is 0 Å². The maximum absolute atomic E-state index is 11.8. The Balaban J connectivity index is 2.39. The molecule has 2 atom stereocenters. The van der Waals surface area contributed by atoms with Crippen molar-refractivity contribution in [3.05, 3.63) is 46.9 Å². The van der Waals surface area contributed by atoms with E-state index in [4.69, 9.17) is 4.74 Å². The third-order valence-corrected chi connectivity index (χ3v) is 4.86. The van der Waals surface area contributed by atoms with Gasteiger partial charge in [-0.1, -0.05) is 43.3 Å². The van der Waals surface area contributed by atoms with E-state index in [1.807, 2.05) is 32.0 Å². The molecule has 0 aliphatic carbocycles. The monoisotopic (exact) mass is 276 g/mol. The van der Waals surface area contributed by atoms with Crippen LogP contribution in [0.15, 0.2) is 41.3 Å². The second-order valence-electron chi connectivity index (χ2n) is 4.83. The standard InChI is InChI=1S/C16H20O2S/c1-4-14(19-5-2)16(3)13(11-15(17)18-16)12-9-7-6-8-10-12/h4,6-10,13H,5,11H2,1-3H3. The van der Waals surface area contributed by atoms with Crippen molar-refractivity contribution < 1.29 is 9.53 Å². The molecule has 102 valence electrons. The van der Waals surface area contributed by atoms with E-state index >= 15 is 0 Å². The van der Waals surface area contributed by atoms with E-state index in [9.17, 15) is 4.79 Å².